The number of hydrogen-bond acceptors (Lipinski definition) is 4. The molecule has 0 aliphatic rings. The van der Waals surface area contributed by atoms with Crippen molar-refractivity contribution in [1.82, 2.24) is 15.8 Å². The molecular formula is C14H16ClN3O2. The monoisotopic (exact) mass is 293 g/mol. The highest BCUT2D eigenvalue weighted by molar-refractivity contribution is 6.30. The normalized spacial score (nSPS) is 12.2. The summed E-state index contributed by atoms with van der Waals surface area (Å²) in [6, 6.07) is 9.01. The average Bonchev–Trinajstić information content (AvgIpc) is 2.94. The van der Waals surface area contributed by atoms with Crippen LogP contribution in [0, 0.1) is 0 Å². The Labute approximate surface area is 122 Å². The third kappa shape index (κ3) is 3.59. The van der Waals surface area contributed by atoms with E-state index < -0.39 is 0 Å². The van der Waals surface area contributed by atoms with Crippen LogP contribution in [0.4, 0.5) is 0 Å². The highest BCUT2D eigenvalue weighted by atomic mass is 35.5. The van der Waals surface area contributed by atoms with Crippen molar-refractivity contribution in [2.24, 2.45) is 0 Å². The summed E-state index contributed by atoms with van der Waals surface area (Å²) in [7, 11) is 1.84. The maximum absolute atomic E-state index is 11.9. The highest BCUT2D eigenvalue weighted by Crippen LogP contribution is 2.22. The SMILES string of the molecule is CNC(C)CNC(=O)c1cc(-c2cccc(Cl)c2)no1. The van der Waals surface area contributed by atoms with Gasteiger partial charge in [-0.15, -0.1) is 0 Å². The van der Waals surface area contributed by atoms with Crippen molar-refractivity contribution in [2.75, 3.05) is 13.6 Å². The van der Waals surface area contributed by atoms with Crippen molar-refractivity contribution in [2.45, 2.75) is 13.0 Å². The van der Waals surface area contributed by atoms with E-state index in [0.717, 1.165) is 5.56 Å². The van der Waals surface area contributed by atoms with E-state index in [0.29, 0.717) is 17.3 Å². The Morgan fingerprint density at radius 2 is 2.25 bits per heavy atom. The van der Waals surface area contributed by atoms with Crippen LogP contribution in [0.5, 0.6) is 0 Å². The summed E-state index contributed by atoms with van der Waals surface area (Å²) in [5.41, 5.74) is 1.39. The second-order valence-electron chi connectivity index (χ2n) is 4.49. The molecule has 1 atom stereocenters. The number of aromatic nitrogens is 1. The van der Waals surface area contributed by atoms with Crippen molar-refractivity contribution in [3.05, 3.63) is 41.1 Å². The number of halogens is 1. The van der Waals surface area contributed by atoms with Gasteiger partial charge in [-0.2, -0.15) is 0 Å². The van der Waals surface area contributed by atoms with Crippen molar-refractivity contribution in [1.29, 1.82) is 0 Å². The van der Waals surface area contributed by atoms with Gasteiger partial charge in [0.1, 0.15) is 5.69 Å². The number of nitrogens with zero attached hydrogens (tertiary/aromatic N) is 1. The smallest absolute Gasteiger partial charge is 0.289 e. The van der Waals surface area contributed by atoms with Crippen LogP contribution in [0.3, 0.4) is 0 Å². The van der Waals surface area contributed by atoms with Crippen LogP contribution in [0.1, 0.15) is 17.5 Å². The Bertz CT molecular complexity index is 598. The molecular weight excluding hydrogens is 278 g/mol. The minimum absolute atomic E-state index is 0.184. The summed E-state index contributed by atoms with van der Waals surface area (Å²) in [5.74, 6) is -0.101. The van der Waals surface area contributed by atoms with Gasteiger partial charge in [0.05, 0.1) is 0 Å². The molecule has 6 heteroatoms. The van der Waals surface area contributed by atoms with Gasteiger partial charge in [-0.05, 0) is 26.1 Å². The van der Waals surface area contributed by atoms with E-state index >= 15 is 0 Å². The van der Waals surface area contributed by atoms with E-state index in [1.165, 1.54) is 0 Å². The number of carbonyl (C=O) groups is 1. The van der Waals surface area contributed by atoms with Gasteiger partial charge < -0.3 is 15.2 Å². The largest absolute Gasteiger partial charge is 0.350 e. The molecule has 2 aromatic rings. The van der Waals surface area contributed by atoms with Crippen molar-refractivity contribution in [3.63, 3.8) is 0 Å². The van der Waals surface area contributed by atoms with Crippen molar-refractivity contribution < 1.29 is 9.32 Å². The van der Waals surface area contributed by atoms with Crippen molar-refractivity contribution >= 4 is 17.5 Å². The Balaban J connectivity index is 2.07. The minimum atomic E-state index is -0.284. The topological polar surface area (TPSA) is 67.2 Å². The maximum atomic E-state index is 11.9. The molecule has 5 nitrogen and oxygen atoms in total. The van der Waals surface area contributed by atoms with E-state index in [1.807, 2.05) is 26.1 Å². The van der Waals surface area contributed by atoms with Crippen LogP contribution < -0.4 is 10.6 Å². The molecule has 0 saturated heterocycles. The average molecular weight is 294 g/mol. The fourth-order valence-electron chi connectivity index (χ4n) is 1.60. The fourth-order valence-corrected chi connectivity index (χ4v) is 1.79. The molecule has 1 unspecified atom stereocenters. The Hall–Kier alpha value is -1.85. The lowest BCUT2D eigenvalue weighted by atomic mass is 10.1. The zero-order chi connectivity index (χ0) is 14.5. The molecule has 0 aliphatic heterocycles. The molecule has 0 bridgehead atoms. The molecule has 0 fully saturated rings. The predicted octanol–water partition coefficient (Wildman–Crippen LogP) is 2.33. The van der Waals surface area contributed by atoms with Gasteiger partial charge >= 0.3 is 0 Å². The van der Waals surface area contributed by atoms with Gasteiger partial charge in [0, 0.05) is 29.2 Å². The van der Waals surface area contributed by atoms with E-state index in [-0.39, 0.29) is 17.7 Å². The van der Waals surface area contributed by atoms with E-state index in [1.54, 1.807) is 18.2 Å². The fraction of sp³-hybridized carbons (Fsp3) is 0.286. The number of likely N-dealkylation sites (N-methyl/N-ethyl adjacent to an activating group) is 1. The summed E-state index contributed by atoms with van der Waals surface area (Å²) in [4.78, 5) is 11.9. The molecule has 1 aromatic heterocycles. The van der Waals surface area contributed by atoms with Crippen LogP contribution >= 0.6 is 11.6 Å². The Morgan fingerprint density at radius 1 is 1.45 bits per heavy atom. The number of hydrogen-bond donors (Lipinski definition) is 2. The van der Waals surface area contributed by atoms with Crippen LogP contribution in [0.2, 0.25) is 5.02 Å². The standard InChI is InChI=1S/C14H16ClN3O2/c1-9(16-2)8-17-14(19)13-7-12(18-20-13)10-4-3-5-11(15)6-10/h3-7,9,16H,8H2,1-2H3,(H,17,19). The summed E-state index contributed by atoms with van der Waals surface area (Å²) >= 11 is 5.92. The van der Waals surface area contributed by atoms with E-state index in [9.17, 15) is 4.79 Å². The molecule has 1 amide bonds. The molecule has 20 heavy (non-hydrogen) atoms. The van der Waals surface area contributed by atoms with Crippen molar-refractivity contribution in [3.8, 4) is 11.3 Å². The third-order valence-electron chi connectivity index (χ3n) is 2.92. The lowest BCUT2D eigenvalue weighted by molar-refractivity contribution is 0.0913. The zero-order valence-corrected chi connectivity index (χ0v) is 12.1. The highest BCUT2D eigenvalue weighted by Gasteiger charge is 2.14. The predicted molar refractivity (Wildman–Crippen MR) is 77.8 cm³/mol. The third-order valence-corrected chi connectivity index (χ3v) is 3.15. The second kappa shape index (κ2) is 6.54. The summed E-state index contributed by atoms with van der Waals surface area (Å²) < 4.78 is 5.06. The molecule has 2 rings (SSSR count). The van der Waals surface area contributed by atoms with Crippen LogP contribution in [0.15, 0.2) is 34.9 Å². The van der Waals surface area contributed by atoms with E-state index in [2.05, 4.69) is 15.8 Å². The number of carbonyl (C=O) groups excluding carboxylic acids is 1. The number of benzene rings is 1. The molecule has 0 aliphatic carbocycles. The van der Waals surface area contributed by atoms with Gasteiger partial charge in [-0.1, -0.05) is 28.9 Å². The molecule has 2 N–H and O–H groups in total. The minimum Gasteiger partial charge on any atom is -0.350 e. The molecule has 1 heterocycles. The Kier molecular flexibility index (Phi) is 4.76. The molecule has 0 spiro atoms. The van der Waals surface area contributed by atoms with Gasteiger partial charge in [0.15, 0.2) is 0 Å². The van der Waals surface area contributed by atoms with Crippen LogP contribution in [-0.2, 0) is 0 Å². The van der Waals surface area contributed by atoms with Gasteiger partial charge in [-0.25, -0.2) is 0 Å². The quantitative estimate of drug-likeness (QED) is 0.888. The van der Waals surface area contributed by atoms with Gasteiger partial charge in [0.25, 0.3) is 5.91 Å². The summed E-state index contributed by atoms with van der Waals surface area (Å²) in [6.45, 7) is 2.49. The first kappa shape index (κ1) is 14.6. The number of amides is 1. The molecule has 1 aromatic carbocycles. The number of nitrogens with one attached hydrogen (secondary N) is 2. The second-order valence-corrected chi connectivity index (χ2v) is 4.92. The zero-order valence-electron chi connectivity index (χ0n) is 11.3. The first-order valence-electron chi connectivity index (χ1n) is 6.28. The maximum Gasteiger partial charge on any atom is 0.289 e. The first-order chi connectivity index (χ1) is 9.60. The summed E-state index contributed by atoms with van der Waals surface area (Å²) in [6.07, 6.45) is 0. The summed E-state index contributed by atoms with van der Waals surface area (Å²) in [5, 5.41) is 10.3. The molecule has 0 radical (unpaired) electrons. The Morgan fingerprint density at radius 3 is 2.95 bits per heavy atom. The molecule has 106 valence electrons. The van der Waals surface area contributed by atoms with Crippen LogP contribution in [-0.4, -0.2) is 30.7 Å². The van der Waals surface area contributed by atoms with Gasteiger partial charge in [0.2, 0.25) is 5.76 Å². The van der Waals surface area contributed by atoms with E-state index in [4.69, 9.17) is 16.1 Å². The van der Waals surface area contributed by atoms with Gasteiger partial charge in [-0.3, -0.25) is 4.79 Å². The lowest BCUT2D eigenvalue weighted by Gasteiger charge is -2.09. The lowest BCUT2D eigenvalue weighted by Crippen LogP contribution is -2.37. The van der Waals surface area contributed by atoms with Crippen LogP contribution in [0.25, 0.3) is 11.3 Å². The first-order valence-corrected chi connectivity index (χ1v) is 6.66. The number of rotatable bonds is 5. The molecule has 0 saturated carbocycles.